The second-order valence-corrected chi connectivity index (χ2v) is 13.2. The van der Waals surface area contributed by atoms with Gasteiger partial charge in [-0.05, 0) is 73.1 Å². The average molecular weight is 562 g/mol. The fourth-order valence-electron chi connectivity index (χ4n) is 4.48. The summed E-state index contributed by atoms with van der Waals surface area (Å²) >= 11 is 0. The molecule has 4 aromatic rings. The zero-order chi connectivity index (χ0) is 29.2. The molecule has 1 aromatic heterocycles. The van der Waals surface area contributed by atoms with Crippen molar-refractivity contribution in [3.8, 4) is 11.1 Å². The fraction of sp³-hybridized carbons (Fsp3) is 0.323. The van der Waals surface area contributed by atoms with E-state index in [4.69, 9.17) is 0 Å². The van der Waals surface area contributed by atoms with Crippen LogP contribution in [-0.4, -0.2) is 65.5 Å². The molecule has 212 valence electrons. The maximum Gasteiger partial charge on any atom is 0.268 e. The van der Waals surface area contributed by atoms with Gasteiger partial charge in [0.25, 0.3) is 15.9 Å². The molecule has 0 spiro atoms. The lowest BCUT2D eigenvalue weighted by atomic mass is 9.87. The van der Waals surface area contributed by atoms with Crippen LogP contribution in [0.3, 0.4) is 0 Å². The van der Waals surface area contributed by atoms with Crippen LogP contribution < -0.4 is 14.9 Å². The first-order valence-electron chi connectivity index (χ1n) is 13.3. The molecule has 0 fully saturated rings. The number of H-pyrrole nitrogens is 1. The van der Waals surface area contributed by atoms with Gasteiger partial charge in [-0.15, -0.1) is 0 Å². The minimum Gasteiger partial charge on any atom is -0.378 e. The van der Waals surface area contributed by atoms with E-state index < -0.39 is 10.0 Å². The van der Waals surface area contributed by atoms with Crippen molar-refractivity contribution in [1.29, 1.82) is 0 Å². The van der Waals surface area contributed by atoms with Gasteiger partial charge in [-0.25, -0.2) is 8.42 Å². The van der Waals surface area contributed by atoms with Crippen LogP contribution in [-0.2, 0) is 15.4 Å². The first-order chi connectivity index (χ1) is 18.8. The first kappa shape index (κ1) is 29.2. The number of sulfonamides is 1. The second kappa shape index (κ2) is 11.3. The predicted octanol–water partition coefficient (Wildman–Crippen LogP) is 5.29. The number of rotatable bonds is 9. The number of fused-ring (bicyclic) bond motifs is 1. The van der Waals surface area contributed by atoms with Crippen molar-refractivity contribution in [2.24, 2.45) is 0 Å². The Balaban J connectivity index is 1.74. The SMILES string of the molecule is CN(C)CCNC(=O)c1[nH]c2ccc(NS(=O)(=O)c3ccc(C(C)(C)C)cc3)cc2c1-c1ccc(N(C)C)cc1. The maximum absolute atomic E-state index is 13.3. The smallest absolute Gasteiger partial charge is 0.268 e. The molecule has 3 N–H and O–H groups in total. The number of aromatic nitrogens is 1. The molecule has 0 bridgehead atoms. The average Bonchev–Trinajstić information content (AvgIpc) is 3.26. The highest BCUT2D eigenvalue weighted by Crippen LogP contribution is 2.35. The summed E-state index contributed by atoms with van der Waals surface area (Å²) in [4.78, 5) is 20.7. The summed E-state index contributed by atoms with van der Waals surface area (Å²) in [5.41, 5.74) is 5.17. The Morgan fingerprint density at radius 1 is 0.900 bits per heavy atom. The van der Waals surface area contributed by atoms with Crippen molar-refractivity contribution in [1.82, 2.24) is 15.2 Å². The third-order valence-electron chi connectivity index (χ3n) is 6.83. The molecular formula is C31H39N5O3S. The minimum atomic E-state index is -3.82. The fourth-order valence-corrected chi connectivity index (χ4v) is 5.53. The van der Waals surface area contributed by atoms with Gasteiger partial charge in [0.05, 0.1) is 4.90 Å². The van der Waals surface area contributed by atoms with E-state index in [-0.39, 0.29) is 16.2 Å². The Hall–Kier alpha value is -3.82. The number of nitrogens with one attached hydrogen (secondary N) is 3. The zero-order valence-corrected chi connectivity index (χ0v) is 25.1. The molecule has 0 atom stereocenters. The molecule has 0 aliphatic carbocycles. The number of anilines is 2. The van der Waals surface area contributed by atoms with Crippen LogP contribution in [0, 0.1) is 0 Å². The summed E-state index contributed by atoms with van der Waals surface area (Å²) in [6, 6.07) is 20.2. The number of carbonyl (C=O) groups is 1. The van der Waals surface area contributed by atoms with E-state index in [1.807, 2.05) is 74.4 Å². The van der Waals surface area contributed by atoms with E-state index in [9.17, 15) is 13.2 Å². The largest absolute Gasteiger partial charge is 0.378 e. The van der Waals surface area contributed by atoms with Gasteiger partial charge < -0.3 is 20.1 Å². The third-order valence-corrected chi connectivity index (χ3v) is 8.22. The highest BCUT2D eigenvalue weighted by molar-refractivity contribution is 7.92. The maximum atomic E-state index is 13.3. The Morgan fingerprint density at radius 3 is 2.12 bits per heavy atom. The topological polar surface area (TPSA) is 97.5 Å². The normalized spacial score (nSPS) is 12.1. The summed E-state index contributed by atoms with van der Waals surface area (Å²) in [6.07, 6.45) is 0. The molecule has 0 saturated carbocycles. The van der Waals surface area contributed by atoms with E-state index in [0.717, 1.165) is 33.3 Å². The molecule has 0 aliphatic heterocycles. The molecule has 0 unspecified atom stereocenters. The zero-order valence-electron chi connectivity index (χ0n) is 24.3. The van der Waals surface area contributed by atoms with Gasteiger partial charge in [-0.3, -0.25) is 9.52 Å². The van der Waals surface area contributed by atoms with Crippen molar-refractivity contribution in [3.63, 3.8) is 0 Å². The van der Waals surface area contributed by atoms with E-state index >= 15 is 0 Å². The Kier molecular flexibility index (Phi) is 8.28. The van der Waals surface area contributed by atoms with Gasteiger partial charge in [-0.2, -0.15) is 0 Å². The van der Waals surface area contributed by atoms with Crippen molar-refractivity contribution in [3.05, 3.63) is 78.0 Å². The van der Waals surface area contributed by atoms with Gasteiger partial charge >= 0.3 is 0 Å². The number of nitrogens with zero attached hydrogens (tertiary/aromatic N) is 2. The van der Waals surface area contributed by atoms with E-state index in [1.54, 1.807) is 30.3 Å². The molecule has 40 heavy (non-hydrogen) atoms. The van der Waals surface area contributed by atoms with Crippen LogP contribution in [0.2, 0.25) is 0 Å². The number of hydrogen-bond acceptors (Lipinski definition) is 5. The summed E-state index contributed by atoms with van der Waals surface area (Å²) in [5, 5.41) is 3.74. The highest BCUT2D eigenvalue weighted by Gasteiger charge is 2.22. The standard InChI is InChI=1S/C31H39N5O3S/c1-31(2,3)22-10-15-25(16-11-22)40(38,39)34-23-12-17-27-26(20-23)28(21-8-13-24(14-9-21)36(6)7)29(33-27)30(37)32-18-19-35(4)5/h8-17,20,33-34H,18-19H2,1-7H3,(H,32,37). The van der Waals surface area contributed by atoms with E-state index in [1.165, 1.54) is 0 Å². The van der Waals surface area contributed by atoms with Gasteiger partial charge in [0.1, 0.15) is 5.69 Å². The lowest BCUT2D eigenvalue weighted by molar-refractivity contribution is 0.0947. The van der Waals surface area contributed by atoms with Crippen LogP contribution in [0.25, 0.3) is 22.0 Å². The predicted molar refractivity (Wildman–Crippen MR) is 165 cm³/mol. The van der Waals surface area contributed by atoms with Crippen molar-refractivity contribution in [2.75, 3.05) is 50.9 Å². The number of carbonyl (C=O) groups excluding carboxylic acids is 1. The summed E-state index contributed by atoms with van der Waals surface area (Å²) < 4.78 is 29.2. The van der Waals surface area contributed by atoms with Crippen LogP contribution in [0.5, 0.6) is 0 Å². The Bertz CT molecular complexity index is 1600. The van der Waals surface area contributed by atoms with Gasteiger partial charge in [0.2, 0.25) is 0 Å². The molecule has 0 radical (unpaired) electrons. The molecule has 9 heteroatoms. The van der Waals surface area contributed by atoms with Crippen molar-refractivity contribution >= 4 is 38.2 Å². The Morgan fingerprint density at radius 2 is 1.55 bits per heavy atom. The van der Waals surface area contributed by atoms with E-state index in [0.29, 0.717) is 24.5 Å². The molecule has 3 aromatic carbocycles. The van der Waals surface area contributed by atoms with Crippen LogP contribution >= 0.6 is 0 Å². The quantitative estimate of drug-likeness (QED) is 0.258. The van der Waals surface area contributed by atoms with Crippen LogP contribution in [0.1, 0.15) is 36.8 Å². The number of benzene rings is 3. The first-order valence-corrected chi connectivity index (χ1v) is 14.7. The monoisotopic (exact) mass is 561 g/mol. The third kappa shape index (κ3) is 6.48. The lowest BCUT2D eigenvalue weighted by Gasteiger charge is -2.19. The molecule has 1 amide bonds. The molecule has 0 aliphatic rings. The summed E-state index contributed by atoms with van der Waals surface area (Å²) in [6.45, 7) is 7.47. The minimum absolute atomic E-state index is 0.0767. The summed E-state index contributed by atoms with van der Waals surface area (Å²) in [5.74, 6) is -0.217. The number of aromatic amines is 1. The molecular weight excluding hydrogens is 522 g/mol. The van der Waals surface area contributed by atoms with E-state index in [2.05, 4.69) is 35.8 Å². The van der Waals surface area contributed by atoms with Crippen LogP contribution in [0.4, 0.5) is 11.4 Å². The number of likely N-dealkylation sites (N-methyl/N-ethyl adjacent to an activating group) is 1. The molecule has 8 nitrogen and oxygen atoms in total. The van der Waals surface area contributed by atoms with Gasteiger partial charge in [0.15, 0.2) is 0 Å². The molecule has 4 rings (SSSR count). The lowest BCUT2D eigenvalue weighted by Crippen LogP contribution is -2.31. The number of amides is 1. The second-order valence-electron chi connectivity index (χ2n) is 11.5. The van der Waals surface area contributed by atoms with Crippen molar-refractivity contribution in [2.45, 2.75) is 31.1 Å². The number of hydrogen-bond donors (Lipinski definition) is 3. The van der Waals surface area contributed by atoms with Crippen molar-refractivity contribution < 1.29 is 13.2 Å². The Labute approximate surface area is 237 Å². The highest BCUT2D eigenvalue weighted by atomic mass is 32.2. The molecule has 0 saturated heterocycles. The summed E-state index contributed by atoms with van der Waals surface area (Å²) in [7, 11) is 4.03. The van der Waals surface area contributed by atoms with Gasteiger partial charge in [-0.1, -0.05) is 45.0 Å². The van der Waals surface area contributed by atoms with Crippen LogP contribution in [0.15, 0.2) is 71.6 Å². The molecule has 1 heterocycles. The van der Waals surface area contributed by atoms with Gasteiger partial charge in [0, 0.05) is 55.0 Å².